The van der Waals surface area contributed by atoms with E-state index in [1.54, 1.807) is 12.4 Å². The summed E-state index contributed by atoms with van der Waals surface area (Å²) >= 11 is 5.95. The van der Waals surface area contributed by atoms with Crippen molar-refractivity contribution in [2.24, 2.45) is 0 Å². The first-order valence-corrected chi connectivity index (χ1v) is 6.67. The number of benzene rings is 1. The van der Waals surface area contributed by atoms with Crippen LogP contribution in [-0.2, 0) is 0 Å². The Labute approximate surface area is 116 Å². The molecule has 1 aromatic carbocycles. The first kappa shape index (κ1) is 12.4. The number of ether oxygens (including phenoxy) is 1. The number of hydrogen-bond donors (Lipinski definition) is 1. The summed E-state index contributed by atoms with van der Waals surface area (Å²) in [6.07, 6.45) is 5.65. The zero-order valence-electron chi connectivity index (χ0n) is 10.3. The van der Waals surface area contributed by atoms with Crippen LogP contribution in [0.4, 0.5) is 0 Å². The minimum Gasteiger partial charge on any atom is -0.472 e. The Bertz CT molecular complexity index is 553. The Balaban J connectivity index is 1.74. The van der Waals surface area contributed by atoms with Crippen LogP contribution in [0.15, 0.2) is 36.7 Å². The minimum atomic E-state index is 0.0839. The molecule has 1 fully saturated rings. The van der Waals surface area contributed by atoms with Crippen molar-refractivity contribution in [3.8, 4) is 17.1 Å². The molecule has 0 bridgehead atoms. The highest BCUT2D eigenvalue weighted by atomic mass is 35.5. The molecule has 98 valence electrons. The van der Waals surface area contributed by atoms with Gasteiger partial charge in [0.25, 0.3) is 0 Å². The van der Waals surface area contributed by atoms with Crippen LogP contribution in [0.3, 0.4) is 0 Å². The van der Waals surface area contributed by atoms with E-state index in [1.807, 2.05) is 24.3 Å². The van der Waals surface area contributed by atoms with Crippen LogP contribution in [0, 0.1) is 0 Å². The molecule has 0 amide bonds. The van der Waals surface area contributed by atoms with E-state index in [0.717, 1.165) is 24.9 Å². The molecule has 1 aliphatic rings. The van der Waals surface area contributed by atoms with Crippen LogP contribution in [0.5, 0.6) is 5.75 Å². The maximum atomic E-state index is 5.95. The van der Waals surface area contributed by atoms with Gasteiger partial charge in [0.15, 0.2) is 11.6 Å². The second-order valence-corrected chi connectivity index (χ2v) is 4.89. The van der Waals surface area contributed by atoms with Crippen molar-refractivity contribution in [3.05, 3.63) is 41.7 Å². The summed E-state index contributed by atoms with van der Waals surface area (Å²) in [4.78, 5) is 8.62. The van der Waals surface area contributed by atoms with Gasteiger partial charge in [-0.3, -0.25) is 5.32 Å². The van der Waals surface area contributed by atoms with Gasteiger partial charge in [-0.1, -0.05) is 23.7 Å². The van der Waals surface area contributed by atoms with Crippen LogP contribution < -0.4 is 10.1 Å². The monoisotopic (exact) mass is 275 g/mol. The van der Waals surface area contributed by atoms with E-state index in [4.69, 9.17) is 16.3 Å². The topological polar surface area (TPSA) is 47.0 Å². The second kappa shape index (κ2) is 5.55. The number of rotatable bonds is 3. The third-order valence-corrected chi connectivity index (χ3v) is 3.24. The summed E-state index contributed by atoms with van der Waals surface area (Å²) in [5, 5.41) is 3.94. The molecular weight excluding hydrogens is 262 g/mol. The zero-order chi connectivity index (χ0) is 13.1. The lowest BCUT2D eigenvalue weighted by Gasteiger charge is -2.12. The molecule has 1 saturated heterocycles. The molecule has 2 heterocycles. The van der Waals surface area contributed by atoms with Crippen molar-refractivity contribution in [1.29, 1.82) is 0 Å². The van der Waals surface area contributed by atoms with Crippen molar-refractivity contribution in [2.45, 2.75) is 19.1 Å². The van der Waals surface area contributed by atoms with Crippen molar-refractivity contribution in [3.63, 3.8) is 0 Å². The normalized spacial score (nSPS) is 18.5. The number of hydrogen-bond acceptors (Lipinski definition) is 4. The summed E-state index contributed by atoms with van der Waals surface area (Å²) in [5.74, 6) is 1.33. The maximum Gasteiger partial charge on any atom is 0.159 e. The number of nitrogens with zero attached hydrogens (tertiary/aromatic N) is 2. The largest absolute Gasteiger partial charge is 0.472 e. The molecule has 0 aliphatic carbocycles. The molecule has 0 spiro atoms. The Morgan fingerprint density at radius 2 is 2.11 bits per heavy atom. The van der Waals surface area contributed by atoms with Crippen molar-refractivity contribution in [1.82, 2.24) is 15.3 Å². The molecule has 0 saturated carbocycles. The number of halogens is 1. The standard InChI is InChI=1S/C14H14ClN3O/c15-11-4-1-3-10(7-11)14-17-8-12(9-18-14)19-13-5-2-6-16-13/h1,3-4,7-9,13,16H,2,5-6H2. The molecule has 2 aromatic rings. The minimum absolute atomic E-state index is 0.0839. The van der Waals surface area contributed by atoms with E-state index in [2.05, 4.69) is 15.3 Å². The molecule has 19 heavy (non-hydrogen) atoms. The average Bonchev–Trinajstić information content (AvgIpc) is 2.92. The van der Waals surface area contributed by atoms with Gasteiger partial charge in [0.1, 0.15) is 6.23 Å². The second-order valence-electron chi connectivity index (χ2n) is 4.46. The molecule has 3 rings (SSSR count). The van der Waals surface area contributed by atoms with E-state index < -0.39 is 0 Å². The van der Waals surface area contributed by atoms with Gasteiger partial charge < -0.3 is 4.74 Å². The van der Waals surface area contributed by atoms with Gasteiger partial charge in [0, 0.05) is 10.6 Å². The highest BCUT2D eigenvalue weighted by Crippen LogP contribution is 2.21. The molecule has 1 N–H and O–H groups in total. The van der Waals surface area contributed by atoms with E-state index >= 15 is 0 Å². The lowest BCUT2D eigenvalue weighted by atomic mass is 10.2. The predicted octanol–water partition coefficient (Wildman–Crippen LogP) is 2.89. The fourth-order valence-corrected chi connectivity index (χ4v) is 2.26. The summed E-state index contributed by atoms with van der Waals surface area (Å²) < 4.78 is 5.73. The molecule has 1 aromatic heterocycles. The summed E-state index contributed by atoms with van der Waals surface area (Å²) in [6.45, 7) is 1.01. The third-order valence-electron chi connectivity index (χ3n) is 3.00. The number of nitrogens with one attached hydrogen (secondary N) is 1. The average molecular weight is 276 g/mol. The van der Waals surface area contributed by atoms with Gasteiger partial charge in [-0.15, -0.1) is 0 Å². The van der Waals surface area contributed by atoms with Crippen LogP contribution in [0.2, 0.25) is 5.02 Å². The Morgan fingerprint density at radius 3 is 2.79 bits per heavy atom. The van der Waals surface area contributed by atoms with E-state index in [0.29, 0.717) is 16.6 Å². The molecule has 1 aliphatic heterocycles. The highest BCUT2D eigenvalue weighted by Gasteiger charge is 2.15. The SMILES string of the molecule is Clc1cccc(-c2ncc(OC3CCCN3)cn2)c1. The molecule has 1 atom stereocenters. The van der Waals surface area contributed by atoms with Crippen molar-refractivity contribution < 1.29 is 4.74 Å². The molecule has 4 nitrogen and oxygen atoms in total. The smallest absolute Gasteiger partial charge is 0.159 e. The summed E-state index contributed by atoms with van der Waals surface area (Å²) in [6, 6.07) is 7.48. The van der Waals surface area contributed by atoms with Crippen LogP contribution in [-0.4, -0.2) is 22.7 Å². The van der Waals surface area contributed by atoms with Crippen molar-refractivity contribution in [2.75, 3.05) is 6.54 Å². The Hall–Kier alpha value is -1.65. The lowest BCUT2D eigenvalue weighted by molar-refractivity contribution is 0.186. The first-order chi connectivity index (χ1) is 9.31. The highest BCUT2D eigenvalue weighted by molar-refractivity contribution is 6.30. The number of aromatic nitrogens is 2. The van der Waals surface area contributed by atoms with E-state index in [9.17, 15) is 0 Å². The molecular formula is C14H14ClN3O. The molecule has 1 unspecified atom stereocenters. The van der Waals surface area contributed by atoms with Gasteiger partial charge >= 0.3 is 0 Å². The lowest BCUT2D eigenvalue weighted by Crippen LogP contribution is -2.27. The van der Waals surface area contributed by atoms with Gasteiger partial charge in [0.05, 0.1) is 12.4 Å². The predicted molar refractivity (Wildman–Crippen MR) is 74.1 cm³/mol. The third kappa shape index (κ3) is 3.03. The first-order valence-electron chi connectivity index (χ1n) is 6.29. The fraction of sp³-hybridized carbons (Fsp3) is 0.286. The summed E-state index contributed by atoms with van der Waals surface area (Å²) in [5.41, 5.74) is 0.901. The fourth-order valence-electron chi connectivity index (χ4n) is 2.07. The van der Waals surface area contributed by atoms with Crippen molar-refractivity contribution >= 4 is 11.6 Å². The van der Waals surface area contributed by atoms with Gasteiger partial charge in [-0.25, -0.2) is 9.97 Å². The Kier molecular flexibility index (Phi) is 3.62. The molecule has 0 radical (unpaired) electrons. The zero-order valence-corrected chi connectivity index (χ0v) is 11.1. The van der Waals surface area contributed by atoms with Crippen LogP contribution >= 0.6 is 11.6 Å². The van der Waals surface area contributed by atoms with Crippen LogP contribution in [0.25, 0.3) is 11.4 Å². The maximum absolute atomic E-state index is 5.95. The molecule has 5 heteroatoms. The van der Waals surface area contributed by atoms with Crippen LogP contribution in [0.1, 0.15) is 12.8 Å². The summed E-state index contributed by atoms with van der Waals surface area (Å²) in [7, 11) is 0. The quantitative estimate of drug-likeness (QED) is 0.936. The van der Waals surface area contributed by atoms with Gasteiger partial charge in [-0.2, -0.15) is 0 Å². The Morgan fingerprint density at radius 1 is 1.26 bits per heavy atom. The van der Waals surface area contributed by atoms with E-state index in [1.165, 1.54) is 0 Å². The van der Waals surface area contributed by atoms with E-state index in [-0.39, 0.29) is 6.23 Å². The van der Waals surface area contributed by atoms with Gasteiger partial charge in [-0.05, 0) is 31.5 Å². The van der Waals surface area contributed by atoms with Gasteiger partial charge in [0.2, 0.25) is 0 Å².